The number of para-hydroxylation sites is 1. The molecular formula is C19H22F2N4O2. The van der Waals surface area contributed by atoms with Gasteiger partial charge < -0.3 is 20.7 Å². The van der Waals surface area contributed by atoms with Crippen LogP contribution in [0.25, 0.3) is 0 Å². The monoisotopic (exact) mass is 376 g/mol. The van der Waals surface area contributed by atoms with Gasteiger partial charge in [-0.05, 0) is 23.8 Å². The van der Waals surface area contributed by atoms with Gasteiger partial charge in [0, 0.05) is 38.3 Å². The number of ether oxygens (including phenoxy) is 1. The first kappa shape index (κ1) is 20.2. The molecule has 8 heteroatoms. The van der Waals surface area contributed by atoms with Crippen LogP contribution in [0, 0.1) is 0 Å². The fraction of sp³-hybridized carbons (Fsp3) is 0.263. The zero-order chi connectivity index (χ0) is 19.6. The highest BCUT2D eigenvalue weighted by atomic mass is 19.3. The van der Waals surface area contributed by atoms with Gasteiger partial charge in [0.2, 0.25) is 0 Å². The molecule has 0 atom stereocenters. The molecule has 2 aromatic rings. The maximum Gasteiger partial charge on any atom is 0.387 e. The van der Waals surface area contributed by atoms with E-state index in [9.17, 15) is 13.6 Å². The van der Waals surface area contributed by atoms with Gasteiger partial charge in [-0.3, -0.25) is 9.79 Å². The first-order valence-corrected chi connectivity index (χ1v) is 8.31. The van der Waals surface area contributed by atoms with Crippen molar-refractivity contribution in [1.82, 2.24) is 16.0 Å². The number of nitrogens with one attached hydrogen (secondary N) is 3. The number of aliphatic imine (C=N–C) groups is 1. The molecule has 2 aromatic carbocycles. The Morgan fingerprint density at radius 1 is 1.11 bits per heavy atom. The van der Waals surface area contributed by atoms with Gasteiger partial charge in [0.25, 0.3) is 5.91 Å². The Kier molecular flexibility index (Phi) is 7.54. The van der Waals surface area contributed by atoms with Crippen LogP contribution in [-0.2, 0) is 13.1 Å². The van der Waals surface area contributed by atoms with E-state index in [1.54, 1.807) is 50.5 Å². The van der Waals surface area contributed by atoms with E-state index in [-0.39, 0.29) is 18.2 Å². The predicted molar refractivity (Wildman–Crippen MR) is 99.9 cm³/mol. The van der Waals surface area contributed by atoms with E-state index in [4.69, 9.17) is 0 Å². The molecule has 0 saturated carbocycles. The van der Waals surface area contributed by atoms with Crippen LogP contribution >= 0.6 is 0 Å². The highest BCUT2D eigenvalue weighted by Gasteiger charge is 2.10. The molecule has 0 unspecified atom stereocenters. The van der Waals surface area contributed by atoms with Crippen molar-refractivity contribution in [2.45, 2.75) is 19.7 Å². The number of halogens is 2. The number of carbonyl (C=O) groups excluding carboxylic acids is 1. The van der Waals surface area contributed by atoms with Crippen molar-refractivity contribution < 1.29 is 18.3 Å². The average Bonchev–Trinajstić information content (AvgIpc) is 2.68. The first-order chi connectivity index (χ1) is 13.0. The number of benzene rings is 2. The van der Waals surface area contributed by atoms with Gasteiger partial charge in [0.15, 0.2) is 5.96 Å². The first-order valence-electron chi connectivity index (χ1n) is 8.31. The molecule has 27 heavy (non-hydrogen) atoms. The Bertz CT molecular complexity index is 797. The lowest BCUT2D eigenvalue weighted by Gasteiger charge is -2.14. The van der Waals surface area contributed by atoms with Gasteiger partial charge in [0.1, 0.15) is 5.75 Å². The van der Waals surface area contributed by atoms with E-state index in [0.29, 0.717) is 23.6 Å². The normalized spacial score (nSPS) is 11.2. The predicted octanol–water partition coefficient (Wildman–Crippen LogP) is 2.51. The SMILES string of the molecule is CN=C(NCc1cccc(C(=O)NC)c1)NCc1ccccc1OC(F)F. The number of amides is 1. The molecule has 0 aliphatic heterocycles. The molecule has 0 saturated heterocycles. The summed E-state index contributed by atoms with van der Waals surface area (Å²) >= 11 is 0. The van der Waals surface area contributed by atoms with E-state index in [1.807, 2.05) is 6.07 Å². The molecule has 3 N–H and O–H groups in total. The zero-order valence-electron chi connectivity index (χ0n) is 15.1. The minimum Gasteiger partial charge on any atom is -0.434 e. The van der Waals surface area contributed by atoms with E-state index in [0.717, 1.165) is 5.56 Å². The molecule has 0 radical (unpaired) electrons. The molecule has 0 aromatic heterocycles. The van der Waals surface area contributed by atoms with Crippen LogP contribution in [-0.4, -0.2) is 32.6 Å². The van der Waals surface area contributed by atoms with Gasteiger partial charge in [-0.15, -0.1) is 0 Å². The zero-order valence-corrected chi connectivity index (χ0v) is 15.1. The quantitative estimate of drug-likeness (QED) is 0.513. The van der Waals surface area contributed by atoms with Gasteiger partial charge >= 0.3 is 6.61 Å². The van der Waals surface area contributed by atoms with Crippen LogP contribution in [0.4, 0.5) is 8.78 Å². The fourth-order valence-corrected chi connectivity index (χ4v) is 2.41. The van der Waals surface area contributed by atoms with Crippen molar-refractivity contribution >= 4 is 11.9 Å². The average molecular weight is 376 g/mol. The number of rotatable bonds is 7. The van der Waals surface area contributed by atoms with Crippen molar-refractivity contribution in [2.24, 2.45) is 4.99 Å². The fourth-order valence-electron chi connectivity index (χ4n) is 2.41. The summed E-state index contributed by atoms with van der Waals surface area (Å²) in [5.74, 6) is 0.455. The summed E-state index contributed by atoms with van der Waals surface area (Å²) in [6, 6.07) is 13.8. The third-order valence-electron chi connectivity index (χ3n) is 3.73. The van der Waals surface area contributed by atoms with Crippen molar-refractivity contribution in [3.8, 4) is 5.75 Å². The van der Waals surface area contributed by atoms with Gasteiger partial charge in [0.05, 0.1) is 0 Å². The van der Waals surface area contributed by atoms with Crippen LogP contribution in [0.1, 0.15) is 21.5 Å². The molecule has 144 valence electrons. The molecule has 6 nitrogen and oxygen atoms in total. The molecule has 0 fully saturated rings. The van der Waals surface area contributed by atoms with E-state index < -0.39 is 6.61 Å². The third kappa shape index (κ3) is 6.25. The standard InChI is InChI=1S/C19H22F2N4O2/c1-22-17(26)14-8-5-6-13(10-14)11-24-19(23-2)25-12-15-7-3-4-9-16(15)27-18(20)21/h3-10,18H,11-12H2,1-2H3,(H,22,26)(H2,23,24,25). The molecule has 1 amide bonds. The van der Waals surface area contributed by atoms with Crippen LogP contribution in [0.5, 0.6) is 5.75 Å². The van der Waals surface area contributed by atoms with Gasteiger partial charge in [-0.25, -0.2) is 0 Å². The summed E-state index contributed by atoms with van der Waals surface area (Å²) in [5.41, 5.74) is 2.06. The van der Waals surface area contributed by atoms with Crippen LogP contribution in [0.15, 0.2) is 53.5 Å². The lowest BCUT2D eigenvalue weighted by Crippen LogP contribution is -2.36. The lowest BCUT2D eigenvalue weighted by molar-refractivity contribution is -0.0504. The Morgan fingerprint density at radius 3 is 2.56 bits per heavy atom. The van der Waals surface area contributed by atoms with Gasteiger partial charge in [-0.2, -0.15) is 8.78 Å². The Labute approximate surface area is 156 Å². The summed E-state index contributed by atoms with van der Waals surface area (Å²) in [4.78, 5) is 15.8. The Balaban J connectivity index is 1.95. The second kappa shape index (κ2) is 10.1. The molecule has 0 aliphatic carbocycles. The summed E-state index contributed by atoms with van der Waals surface area (Å²) in [5, 5.41) is 8.75. The summed E-state index contributed by atoms with van der Waals surface area (Å²) in [7, 11) is 3.19. The van der Waals surface area contributed by atoms with Crippen LogP contribution < -0.4 is 20.7 Å². The van der Waals surface area contributed by atoms with Crippen molar-refractivity contribution in [2.75, 3.05) is 14.1 Å². The highest BCUT2D eigenvalue weighted by Crippen LogP contribution is 2.19. The molecule has 0 heterocycles. The van der Waals surface area contributed by atoms with Crippen molar-refractivity contribution in [3.63, 3.8) is 0 Å². The number of nitrogens with zero attached hydrogens (tertiary/aromatic N) is 1. The number of hydrogen-bond donors (Lipinski definition) is 3. The highest BCUT2D eigenvalue weighted by molar-refractivity contribution is 5.94. The number of alkyl halides is 2. The minimum atomic E-state index is -2.88. The van der Waals surface area contributed by atoms with Crippen LogP contribution in [0.2, 0.25) is 0 Å². The van der Waals surface area contributed by atoms with E-state index in [1.165, 1.54) is 6.07 Å². The smallest absolute Gasteiger partial charge is 0.387 e. The number of hydrogen-bond acceptors (Lipinski definition) is 3. The molecule has 0 aliphatic rings. The summed E-state index contributed by atoms with van der Waals surface area (Å²) in [6.45, 7) is -2.17. The van der Waals surface area contributed by atoms with Gasteiger partial charge in [-0.1, -0.05) is 30.3 Å². The van der Waals surface area contributed by atoms with Crippen molar-refractivity contribution in [1.29, 1.82) is 0 Å². The number of carbonyl (C=O) groups is 1. The summed E-state index contributed by atoms with van der Waals surface area (Å²) < 4.78 is 29.5. The second-order valence-corrected chi connectivity index (χ2v) is 5.55. The lowest BCUT2D eigenvalue weighted by atomic mass is 10.1. The van der Waals surface area contributed by atoms with Crippen molar-refractivity contribution in [3.05, 3.63) is 65.2 Å². The third-order valence-corrected chi connectivity index (χ3v) is 3.73. The van der Waals surface area contributed by atoms with E-state index >= 15 is 0 Å². The largest absolute Gasteiger partial charge is 0.434 e. The molecular weight excluding hydrogens is 354 g/mol. The van der Waals surface area contributed by atoms with E-state index in [2.05, 4.69) is 25.7 Å². The topological polar surface area (TPSA) is 74.8 Å². The summed E-state index contributed by atoms with van der Waals surface area (Å²) in [6.07, 6.45) is 0. The maximum absolute atomic E-state index is 12.5. The maximum atomic E-state index is 12.5. The number of guanidine groups is 1. The second-order valence-electron chi connectivity index (χ2n) is 5.55. The Hall–Kier alpha value is -3.16. The molecule has 0 spiro atoms. The molecule has 0 bridgehead atoms. The molecule has 2 rings (SSSR count). The minimum absolute atomic E-state index is 0.119. The Morgan fingerprint density at radius 2 is 1.85 bits per heavy atom. The van der Waals surface area contributed by atoms with Crippen LogP contribution in [0.3, 0.4) is 0 Å².